The van der Waals surface area contributed by atoms with Gasteiger partial charge in [-0.2, -0.15) is 5.10 Å². The van der Waals surface area contributed by atoms with E-state index in [1.807, 2.05) is 0 Å². The molecule has 1 aromatic rings. The number of anilines is 1. The maximum absolute atomic E-state index is 4.43. The van der Waals surface area contributed by atoms with Crippen LogP contribution in [0.1, 0.15) is 11.3 Å². The normalized spacial score (nSPS) is 22.1. The number of hydrogen-bond donors (Lipinski definition) is 2. The highest BCUT2D eigenvalue weighted by molar-refractivity contribution is 5.51. The van der Waals surface area contributed by atoms with Gasteiger partial charge in [-0.15, -0.1) is 0 Å². The third-order valence-electron chi connectivity index (χ3n) is 3.34. The van der Waals surface area contributed by atoms with E-state index in [4.69, 9.17) is 0 Å². The second-order valence-corrected chi connectivity index (χ2v) is 4.40. The molecule has 3 rings (SSSR count). The van der Waals surface area contributed by atoms with Crippen LogP contribution in [0.3, 0.4) is 0 Å². The first kappa shape index (κ1) is 9.18. The third kappa shape index (κ3) is 1.52. The van der Waals surface area contributed by atoms with Gasteiger partial charge in [-0.25, -0.2) is 0 Å². The Morgan fingerprint density at radius 3 is 2.73 bits per heavy atom. The molecule has 0 aromatic carbocycles. The lowest BCUT2D eigenvalue weighted by Gasteiger charge is -2.32. The predicted octanol–water partition coefficient (Wildman–Crippen LogP) is -0.235. The summed E-state index contributed by atoms with van der Waals surface area (Å²) in [5.41, 5.74) is 2.64. The molecule has 15 heavy (non-hydrogen) atoms. The van der Waals surface area contributed by atoms with Crippen LogP contribution in [-0.4, -0.2) is 48.3 Å². The van der Waals surface area contributed by atoms with Gasteiger partial charge in [0.05, 0.1) is 5.69 Å². The van der Waals surface area contributed by atoms with Gasteiger partial charge in [0.1, 0.15) is 0 Å². The van der Waals surface area contributed by atoms with E-state index in [9.17, 15) is 0 Å². The van der Waals surface area contributed by atoms with Crippen LogP contribution in [0.5, 0.6) is 0 Å². The van der Waals surface area contributed by atoms with Gasteiger partial charge in [0.15, 0.2) is 5.82 Å². The van der Waals surface area contributed by atoms with Crippen molar-refractivity contribution in [2.75, 3.05) is 38.1 Å². The molecule has 82 valence electrons. The summed E-state index contributed by atoms with van der Waals surface area (Å²) in [6.45, 7) is 6.36. The van der Waals surface area contributed by atoms with Gasteiger partial charge in [-0.3, -0.25) is 5.10 Å². The van der Waals surface area contributed by atoms with Crippen molar-refractivity contribution in [3.05, 3.63) is 11.3 Å². The first-order valence-electron chi connectivity index (χ1n) is 5.55. The first-order chi connectivity index (χ1) is 7.34. The van der Waals surface area contributed by atoms with Gasteiger partial charge in [0.25, 0.3) is 0 Å². The number of aromatic nitrogens is 2. The van der Waals surface area contributed by atoms with Crippen LogP contribution in [0.4, 0.5) is 5.82 Å². The largest absolute Gasteiger partial charge is 0.352 e. The summed E-state index contributed by atoms with van der Waals surface area (Å²) in [5.74, 6) is 1.17. The summed E-state index contributed by atoms with van der Waals surface area (Å²) in [6, 6.07) is 0. The maximum atomic E-state index is 4.43. The lowest BCUT2D eigenvalue weighted by Crippen LogP contribution is -2.45. The Morgan fingerprint density at radius 1 is 1.13 bits per heavy atom. The minimum Gasteiger partial charge on any atom is -0.352 e. The van der Waals surface area contributed by atoms with Crippen molar-refractivity contribution in [1.82, 2.24) is 20.4 Å². The van der Waals surface area contributed by atoms with E-state index in [1.165, 1.54) is 17.1 Å². The molecule has 5 nitrogen and oxygen atoms in total. The fraction of sp³-hybridized carbons (Fsp3) is 0.700. The Hall–Kier alpha value is -1.07. The van der Waals surface area contributed by atoms with Gasteiger partial charge in [0, 0.05) is 44.8 Å². The molecule has 1 fully saturated rings. The van der Waals surface area contributed by atoms with E-state index in [-0.39, 0.29) is 0 Å². The van der Waals surface area contributed by atoms with Crippen LogP contribution in [0.25, 0.3) is 0 Å². The van der Waals surface area contributed by atoms with E-state index in [2.05, 4.69) is 32.4 Å². The molecule has 0 saturated carbocycles. The zero-order chi connectivity index (χ0) is 10.3. The average Bonchev–Trinajstić information content (AvgIpc) is 2.80. The van der Waals surface area contributed by atoms with Gasteiger partial charge in [-0.1, -0.05) is 0 Å². The highest BCUT2D eigenvalue weighted by Gasteiger charge is 2.24. The highest BCUT2D eigenvalue weighted by Crippen LogP contribution is 2.25. The molecule has 2 N–H and O–H groups in total. The summed E-state index contributed by atoms with van der Waals surface area (Å²) >= 11 is 0. The van der Waals surface area contributed by atoms with Gasteiger partial charge >= 0.3 is 0 Å². The van der Waals surface area contributed by atoms with Crippen LogP contribution >= 0.6 is 0 Å². The number of nitrogens with zero attached hydrogens (tertiary/aromatic N) is 3. The van der Waals surface area contributed by atoms with Crippen LogP contribution in [0.15, 0.2) is 0 Å². The lowest BCUT2D eigenvalue weighted by atomic mass is 10.2. The van der Waals surface area contributed by atoms with Crippen LogP contribution < -0.4 is 10.2 Å². The van der Waals surface area contributed by atoms with Crippen LogP contribution in [0, 0.1) is 0 Å². The SMILES string of the molecule is CN1CCN(c2n[nH]c3c2CNC3)CC1. The van der Waals surface area contributed by atoms with Gasteiger partial charge < -0.3 is 15.1 Å². The molecule has 5 heteroatoms. The topological polar surface area (TPSA) is 47.2 Å². The average molecular weight is 207 g/mol. The summed E-state index contributed by atoms with van der Waals surface area (Å²) in [7, 11) is 2.17. The van der Waals surface area contributed by atoms with E-state index >= 15 is 0 Å². The van der Waals surface area contributed by atoms with Crippen molar-refractivity contribution in [2.45, 2.75) is 13.1 Å². The molecule has 2 aliphatic rings. The Kier molecular flexibility index (Phi) is 2.14. The Morgan fingerprint density at radius 2 is 1.93 bits per heavy atom. The number of nitrogens with one attached hydrogen (secondary N) is 2. The molecule has 0 amide bonds. The number of rotatable bonds is 1. The van der Waals surface area contributed by atoms with Crippen molar-refractivity contribution in [3.63, 3.8) is 0 Å². The summed E-state index contributed by atoms with van der Waals surface area (Å²) in [5, 5.41) is 10.9. The minimum atomic E-state index is 0.941. The number of H-pyrrole nitrogens is 1. The zero-order valence-electron chi connectivity index (χ0n) is 9.08. The molecule has 2 aliphatic heterocycles. The fourth-order valence-electron chi connectivity index (χ4n) is 2.31. The van der Waals surface area contributed by atoms with Crippen LogP contribution in [-0.2, 0) is 13.1 Å². The number of fused-ring (bicyclic) bond motifs is 1. The van der Waals surface area contributed by atoms with E-state index in [0.717, 1.165) is 39.3 Å². The fourth-order valence-corrected chi connectivity index (χ4v) is 2.31. The lowest BCUT2D eigenvalue weighted by molar-refractivity contribution is 0.312. The van der Waals surface area contributed by atoms with Crippen molar-refractivity contribution in [3.8, 4) is 0 Å². The molecule has 0 radical (unpaired) electrons. The molecular weight excluding hydrogens is 190 g/mol. The van der Waals surface area contributed by atoms with Crippen molar-refractivity contribution >= 4 is 5.82 Å². The molecule has 0 spiro atoms. The maximum Gasteiger partial charge on any atom is 0.155 e. The smallest absolute Gasteiger partial charge is 0.155 e. The van der Waals surface area contributed by atoms with Crippen molar-refractivity contribution < 1.29 is 0 Å². The molecule has 0 unspecified atom stereocenters. The monoisotopic (exact) mass is 207 g/mol. The molecule has 0 atom stereocenters. The number of piperazine rings is 1. The van der Waals surface area contributed by atoms with Crippen LogP contribution in [0.2, 0.25) is 0 Å². The summed E-state index contributed by atoms with van der Waals surface area (Å²) in [6.07, 6.45) is 0. The van der Waals surface area contributed by atoms with E-state index < -0.39 is 0 Å². The number of likely N-dealkylation sites (N-methyl/N-ethyl adjacent to an activating group) is 1. The molecule has 1 aromatic heterocycles. The van der Waals surface area contributed by atoms with Crippen molar-refractivity contribution in [1.29, 1.82) is 0 Å². The zero-order valence-corrected chi connectivity index (χ0v) is 9.08. The van der Waals surface area contributed by atoms with Gasteiger partial charge in [-0.05, 0) is 7.05 Å². The van der Waals surface area contributed by atoms with E-state index in [0.29, 0.717) is 0 Å². The molecule has 0 aliphatic carbocycles. The predicted molar refractivity (Wildman–Crippen MR) is 58.8 cm³/mol. The Labute approximate surface area is 89.4 Å². The Bertz CT molecular complexity index is 351. The highest BCUT2D eigenvalue weighted by atomic mass is 15.3. The number of hydrogen-bond acceptors (Lipinski definition) is 4. The third-order valence-corrected chi connectivity index (χ3v) is 3.34. The molecule has 1 saturated heterocycles. The van der Waals surface area contributed by atoms with E-state index in [1.54, 1.807) is 0 Å². The van der Waals surface area contributed by atoms with Gasteiger partial charge in [0.2, 0.25) is 0 Å². The molecular formula is C10H17N5. The first-order valence-corrected chi connectivity index (χ1v) is 5.55. The quantitative estimate of drug-likeness (QED) is 0.667. The van der Waals surface area contributed by atoms with Crippen molar-refractivity contribution in [2.24, 2.45) is 0 Å². The molecule has 0 bridgehead atoms. The summed E-state index contributed by atoms with van der Waals surface area (Å²) in [4.78, 5) is 4.75. The second-order valence-electron chi connectivity index (χ2n) is 4.40. The minimum absolute atomic E-state index is 0.941. The molecule has 3 heterocycles. The second kappa shape index (κ2) is 3.50. The Balaban J connectivity index is 1.81. The number of aromatic amines is 1. The standard InChI is InChI=1S/C10H17N5/c1-14-2-4-15(5-3-14)10-8-6-11-7-9(8)12-13-10/h11H,2-7H2,1H3,(H,12,13). The summed E-state index contributed by atoms with van der Waals surface area (Å²) < 4.78 is 0.